The Labute approximate surface area is 161 Å². The minimum atomic E-state index is 0.0551. The van der Waals surface area contributed by atoms with Crippen molar-refractivity contribution in [3.63, 3.8) is 0 Å². The molecule has 2 saturated carbocycles. The third-order valence-electron chi connectivity index (χ3n) is 7.01. The summed E-state index contributed by atoms with van der Waals surface area (Å²) in [5, 5.41) is 8.01. The first-order valence-electron chi connectivity index (χ1n) is 11.0. The molecule has 148 valence electrons. The van der Waals surface area contributed by atoms with Gasteiger partial charge in [-0.1, -0.05) is 6.92 Å². The molecule has 5 nitrogen and oxygen atoms in total. The zero-order chi connectivity index (χ0) is 18.8. The van der Waals surface area contributed by atoms with E-state index in [1.54, 1.807) is 4.68 Å². The van der Waals surface area contributed by atoms with Gasteiger partial charge in [-0.3, -0.25) is 9.59 Å². The van der Waals surface area contributed by atoms with Crippen LogP contribution in [-0.4, -0.2) is 21.7 Å². The Morgan fingerprint density at radius 1 is 1.04 bits per heavy atom. The minimum Gasteiger partial charge on any atom is -0.353 e. The van der Waals surface area contributed by atoms with Crippen LogP contribution in [-0.2, 0) is 17.6 Å². The normalized spacial score (nSPS) is 31.1. The van der Waals surface area contributed by atoms with Crippen LogP contribution in [0.3, 0.4) is 0 Å². The van der Waals surface area contributed by atoms with Crippen molar-refractivity contribution in [2.45, 2.75) is 96.1 Å². The summed E-state index contributed by atoms with van der Waals surface area (Å²) in [7, 11) is 0. The number of fused-ring (bicyclic) bond motifs is 1. The highest BCUT2D eigenvalue weighted by atomic mass is 16.2. The number of hydrogen-bond donors (Lipinski definition) is 1. The molecule has 0 saturated heterocycles. The molecule has 0 aliphatic heterocycles. The molecule has 1 aromatic rings. The SMILES string of the molecule is CC1CCC(C(=O)NC2CCC(n3nc4c(cc3=O)CCCC4)CC2)CC1. The van der Waals surface area contributed by atoms with Crippen LogP contribution >= 0.6 is 0 Å². The van der Waals surface area contributed by atoms with Gasteiger partial charge in [0.2, 0.25) is 5.91 Å². The molecule has 0 atom stereocenters. The number of amides is 1. The van der Waals surface area contributed by atoms with Gasteiger partial charge >= 0.3 is 0 Å². The number of carbonyl (C=O) groups excluding carboxylic acids is 1. The van der Waals surface area contributed by atoms with Gasteiger partial charge in [0, 0.05) is 18.0 Å². The van der Waals surface area contributed by atoms with Crippen molar-refractivity contribution in [2.24, 2.45) is 11.8 Å². The Morgan fingerprint density at radius 2 is 1.74 bits per heavy atom. The quantitative estimate of drug-likeness (QED) is 0.884. The van der Waals surface area contributed by atoms with Crippen LogP contribution < -0.4 is 10.9 Å². The van der Waals surface area contributed by atoms with Crippen molar-refractivity contribution >= 4 is 5.91 Å². The summed E-state index contributed by atoms with van der Waals surface area (Å²) in [4.78, 5) is 25.1. The van der Waals surface area contributed by atoms with E-state index in [1.165, 1.54) is 25.7 Å². The predicted octanol–water partition coefficient (Wildman–Crippen LogP) is 3.55. The van der Waals surface area contributed by atoms with Gasteiger partial charge in [-0.05, 0) is 88.5 Å². The molecule has 1 heterocycles. The average molecular weight is 372 g/mol. The molecule has 0 bridgehead atoms. The number of aromatic nitrogens is 2. The van der Waals surface area contributed by atoms with Crippen LogP contribution in [0, 0.1) is 11.8 Å². The minimum absolute atomic E-state index is 0.0551. The lowest BCUT2D eigenvalue weighted by Crippen LogP contribution is -2.43. The number of carbonyl (C=O) groups is 1. The molecular weight excluding hydrogens is 338 g/mol. The largest absolute Gasteiger partial charge is 0.353 e. The maximum Gasteiger partial charge on any atom is 0.267 e. The third-order valence-corrected chi connectivity index (χ3v) is 7.01. The van der Waals surface area contributed by atoms with Crippen LogP contribution in [0.4, 0.5) is 0 Å². The highest BCUT2D eigenvalue weighted by Crippen LogP contribution is 2.31. The van der Waals surface area contributed by atoms with Crippen molar-refractivity contribution in [1.82, 2.24) is 15.1 Å². The van der Waals surface area contributed by atoms with Crippen molar-refractivity contribution in [3.05, 3.63) is 27.7 Å². The molecule has 2 fully saturated rings. The van der Waals surface area contributed by atoms with Crippen molar-refractivity contribution < 1.29 is 4.79 Å². The fraction of sp³-hybridized carbons (Fsp3) is 0.773. The number of nitrogens with one attached hydrogen (secondary N) is 1. The van der Waals surface area contributed by atoms with Gasteiger partial charge in [-0.15, -0.1) is 0 Å². The Kier molecular flexibility index (Phi) is 5.65. The molecular formula is C22H33N3O2. The highest BCUT2D eigenvalue weighted by molar-refractivity contribution is 5.79. The molecule has 4 rings (SSSR count). The van der Waals surface area contributed by atoms with E-state index in [0.717, 1.165) is 68.5 Å². The fourth-order valence-electron chi connectivity index (χ4n) is 5.14. The number of hydrogen-bond acceptors (Lipinski definition) is 3. The maximum absolute atomic E-state index is 12.6. The molecule has 0 unspecified atom stereocenters. The average Bonchev–Trinajstić information content (AvgIpc) is 2.68. The molecule has 3 aliphatic rings. The highest BCUT2D eigenvalue weighted by Gasteiger charge is 2.29. The van der Waals surface area contributed by atoms with Gasteiger partial charge < -0.3 is 5.32 Å². The van der Waals surface area contributed by atoms with Crippen molar-refractivity contribution in [3.8, 4) is 0 Å². The Hall–Kier alpha value is -1.65. The second-order valence-corrected chi connectivity index (χ2v) is 9.08. The Bertz CT molecular complexity index is 726. The predicted molar refractivity (Wildman–Crippen MR) is 106 cm³/mol. The van der Waals surface area contributed by atoms with E-state index >= 15 is 0 Å². The number of nitrogens with zero attached hydrogens (tertiary/aromatic N) is 2. The second-order valence-electron chi connectivity index (χ2n) is 9.08. The van der Waals surface area contributed by atoms with E-state index in [-0.39, 0.29) is 29.5 Å². The first kappa shape index (κ1) is 18.7. The molecule has 1 amide bonds. The Morgan fingerprint density at radius 3 is 2.48 bits per heavy atom. The topological polar surface area (TPSA) is 64.0 Å². The van der Waals surface area contributed by atoms with Crippen LogP contribution in [0.2, 0.25) is 0 Å². The van der Waals surface area contributed by atoms with Gasteiger partial charge in [0.1, 0.15) is 0 Å². The molecule has 0 radical (unpaired) electrons. The summed E-state index contributed by atoms with van der Waals surface area (Å²) in [6.07, 6.45) is 12.5. The van der Waals surface area contributed by atoms with E-state index in [0.29, 0.717) is 0 Å². The maximum atomic E-state index is 12.6. The van der Waals surface area contributed by atoms with E-state index in [2.05, 4.69) is 12.2 Å². The van der Waals surface area contributed by atoms with E-state index in [4.69, 9.17) is 5.10 Å². The second kappa shape index (κ2) is 8.15. The Balaban J connectivity index is 1.33. The number of aryl methyl sites for hydroxylation is 2. The smallest absolute Gasteiger partial charge is 0.267 e. The first-order valence-corrected chi connectivity index (χ1v) is 11.0. The summed E-state index contributed by atoms with van der Waals surface area (Å²) < 4.78 is 1.74. The molecule has 3 aliphatic carbocycles. The standard InChI is InChI=1S/C22H33N3O2/c1-15-6-8-16(9-7-15)22(27)23-18-10-12-19(13-11-18)25-21(26)14-17-4-2-3-5-20(17)24-25/h14-16,18-19H,2-13H2,1H3,(H,23,27). The molecule has 1 N–H and O–H groups in total. The molecule has 0 spiro atoms. The fourth-order valence-corrected chi connectivity index (χ4v) is 5.14. The lowest BCUT2D eigenvalue weighted by molar-refractivity contribution is -0.127. The van der Waals surface area contributed by atoms with Crippen molar-refractivity contribution in [1.29, 1.82) is 0 Å². The van der Waals surface area contributed by atoms with Crippen molar-refractivity contribution in [2.75, 3.05) is 0 Å². The van der Waals surface area contributed by atoms with E-state index in [9.17, 15) is 9.59 Å². The van der Waals surface area contributed by atoms with Gasteiger partial charge in [0.25, 0.3) is 5.56 Å². The first-order chi connectivity index (χ1) is 13.1. The zero-order valence-corrected chi connectivity index (χ0v) is 16.6. The molecule has 5 heteroatoms. The van der Waals surface area contributed by atoms with Gasteiger partial charge in [0.15, 0.2) is 0 Å². The monoisotopic (exact) mass is 371 g/mol. The lowest BCUT2D eigenvalue weighted by atomic mass is 9.82. The van der Waals surface area contributed by atoms with Crippen LogP contribution in [0.5, 0.6) is 0 Å². The van der Waals surface area contributed by atoms with E-state index < -0.39 is 0 Å². The van der Waals surface area contributed by atoms with Gasteiger partial charge in [-0.25, -0.2) is 4.68 Å². The van der Waals surface area contributed by atoms with Crippen LogP contribution in [0.15, 0.2) is 10.9 Å². The van der Waals surface area contributed by atoms with Crippen LogP contribution in [0.1, 0.15) is 88.4 Å². The van der Waals surface area contributed by atoms with E-state index in [1.807, 2.05) is 6.07 Å². The summed E-state index contributed by atoms with van der Waals surface area (Å²) in [6, 6.07) is 2.27. The summed E-state index contributed by atoms with van der Waals surface area (Å²) in [5.74, 6) is 1.24. The number of rotatable bonds is 3. The molecule has 0 aromatic carbocycles. The van der Waals surface area contributed by atoms with Gasteiger partial charge in [-0.2, -0.15) is 5.10 Å². The third kappa shape index (κ3) is 4.27. The zero-order valence-electron chi connectivity index (χ0n) is 16.6. The molecule has 27 heavy (non-hydrogen) atoms. The lowest BCUT2D eigenvalue weighted by Gasteiger charge is -2.32. The van der Waals surface area contributed by atoms with Gasteiger partial charge in [0.05, 0.1) is 11.7 Å². The van der Waals surface area contributed by atoms with Crippen LogP contribution in [0.25, 0.3) is 0 Å². The summed E-state index contributed by atoms with van der Waals surface area (Å²) in [6.45, 7) is 2.28. The summed E-state index contributed by atoms with van der Waals surface area (Å²) >= 11 is 0. The summed E-state index contributed by atoms with van der Waals surface area (Å²) in [5.41, 5.74) is 2.34. The molecule has 1 aromatic heterocycles.